The normalized spacial score (nSPS) is 34.5. The lowest BCUT2D eigenvalue weighted by Gasteiger charge is -2.41. The lowest BCUT2D eigenvalue weighted by Crippen LogP contribution is -2.58. The van der Waals surface area contributed by atoms with Gasteiger partial charge in [-0.05, 0) is 38.1 Å². The van der Waals surface area contributed by atoms with Gasteiger partial charge < -0.3 is 5.32 Å². The molecule has 1 N–H and O–H groups in total. The van der Waals surface area contributed by atoms with Crippen LogP contribution in [-0.4, -0.2) is 18.3 Å². The second kappa shape index (κ2) is 4.09. The molecule has 0 saturated heterocycles. The molecule has 0 atom stereocenters. The summed E-state index contributed by atoms with van der Waals surface area (Å²) in [6.45, 7) is 4.13. The summed E-state index contributed by atoms with van der Waals surface area (Å²) < 4.78 is 38.5. The van der Waals surface area contributed by atoms with Crippen molar-refractivity contribution in [3.63, 3.8) is 0 Å². The molecule has 14 heavy (non-hydrogen) atoms. The number of nitrogens with one attached hydrogen (secondary N) is 1. The largest absolute Gasteiger partial charge is 0.406 e. The predicted molar refractivity (Wildman–Crippen MR) is 50.1 cm³/mol. The molecule has 0 amide bonds. The Morgan fingerprint density at radius 3 is 2.14 bits per heavy atom. The second-order valence-electron chi connectivity index (χ2n) is 4.29. The van der Waals surface area contributed by atoms with Crippen LogP contribution in [0, 0.1) is 5.92 Å². The molecule has 1 saturated carbocycles. The average Bonchev–Trinajstić information content (AvgIpc) is 2.07. The highest BCUT2D eigenvalue weighted by Gasteiger charge is 2.54. The highest BCUT2D eigenvalue weighted by Crippen LogP contribution is 2.42. The van der Waals surface area contributed by atoms with Crippen LogP contribution in [0.3, 0.4) is 0 Å². The Morgan fingerprint density at radius 2 is 1.79 bits per heavy atom. The van der Waals surface area contributed by atoms with Crippen LogP contribution in [-0.2, 0) is 0 Å². The fourth-order valence-electron chi connectivity index (χ4n) is 2.15. The van der Waals surface area contributed by atoms with E-state index in [1.807, 2.05) is 6.92 Å². The van der Waals surface area contributed by atoms with Crippen LogP contribution in [0.2, 0.25) is 0 Å². The molecule has 0 aromatic heterocycles. The van der Waals surface area contributed by atoms with E-state index < -0.39 is 11.7 Å². The van der Waals surface area contributed by atoms with Gasteiger partial charge in [-0.1, -0.05) is 13.8 Å². The molecule has 84 valence electrons. The summed E-state index contributed by atoms with van der Waals surface area (Å²) in [5.41, 5.74) is -1.60. The highest BCUT2D eigenvalue weighted by molar-refractivity contribution is 4.97. The fraction of sp³-hybridized carbons (Fsp3) is 1.00. The van der Waals surface area contributed by atoms with Crippen LogP contribution in [0.15, 0.2) is 0 Å². The molecule has 0 aliphatic heterocycles. The van der Waals surface area contributed by atoms with Gasteiger partial charge in [0.1, 0.15) is 5.54 Å². The Morgan fingerprint density at radius 1 is 1.29 bits per heavy atom. The third-order valence-electron chi connectivity index (χ3n) is 3.19. The molecule has 0 aromatic rings. The molecule has 0 unspecified atom stereocenters. The Balaban J connectivity index is 2.73. The smallest absolute Gasteiger partial charge is 0.304 e. The van der Waals surface area contributed by atoms with Crippen molar-refractivity contribution in [1.82, 2.24) is 5.32 Å². The zero-order valence-electron chi connectivity index (χ0n) is 8.75. The molecule has 1 rings (SSSR count). The molecule has 1 aliphatic carbocycles. The predicted octanol–water partition coefficient (Wildman–Crippen LogP) is 3.11. The summed E-state index contributed by atoms with van der Waals surface area (Å²) in [6, 6.07) is 0. The molecule has 1 aliphatic rings. The van der Waals surface area contributed by atoms with E-state index in [0.717, 1.165) is 0 Å². The van der Waals surface area contributed by atoms with Crippen molar-refractivity contribution in [3.8, 4) is 0 Å². The van der Waals surface area contributed by atoms with E-state index >= 15 is 0 Å². The topological polar surface area (TPSA) is 12.0 Å². The van der Waals surface area contributed by atoms with Crippen molar-refractivity contribution in [2.75, 3.05) is 6.54 Å². The van der Waals surface area contributed by atoms with E-state index in [2.05, 4.69) is 5.32 Å². The van der Waals surface area contributed by atoms with Crippen LogP contribution in [0.1, 0.15) is 39.5 Å². The Labute approximate surface area is 83.1 Å². The lowest BCUT2D eigenvalue weighted by molar-refractivity contribution is -0.207. The number of halogens is 3. The molecule has 0 bridgehead atoms. The molecule has 0 aromatic carbocycles. The molecule has 0 spiro atoms. The maximum atomic E-state index is 12.8. The molecule has 1 nitrogen and oxygen atoms in total. The van der Waals surface area contributed by atoms with E-state index in [0.29, 0.717) is 25.3 Å². The van der Waals surface area contributed by atoms with Gasteiger partial charge >= 0.3 is 6.18 Å². The van der Waals surface area contributed by atoms with Crippen LogP contribution in [0.25, 0.3) is 0 Å². The molecular formula is C10H18F3N. The Bertz CT molecular complexity index is 180. The fourth-order valence-corrected chi connectivity index (χ4v) is 2.15. The maximum Gasteiger partial charge on any atom is 0.406 e. The molecule has 1 fully saturated rings. The van der Waals surface area contributed by atoms with Crippen LogP contribution < -0.4 is 5.32 Å². The van der Waals surface area contributed by atoms with Crippen LogP contribution >= 0.6 is 0 Å². The lowest BCUT2D eigenvalue weighted by atomic mass is 9.76. The summed E-state index contributed by atoms with van der Waals surface area (Å²) in [5, 5.41) is 2.63. The monoisotopic (exact) mass is 209 g/mol. The van der Waals surface area contributed by atoms with Gasteiger partial charge in [-0.3, -0.25) is 0 Å². The van der Waals surface area contributed by atoms with Gasteiger partial charge in [0.05, 0.1) is 0 Å². The summed E-state index contributed by atoms with van der Waals surface area (Å²) in [4.78, 5) is 0. The van der Waals surface area contributed by atoms with Crippen molar-refractivity contribution >= 4 is 0 Å². The minimum absolute atomic E-state index is 0.228. The third kappa shape index (κ3) is 2.22. The SMILES string of the molecule is CCNC1(C(F)(F)F)CCC(C)CC1. The van der Waals surface area contributed by atoms with Crippen LogP contribution in [0.5, 0.6) is 0 Å². The van der Waals surface area contributed by atoms with Gasteiger partial charge in [0.15, 0.2) is 0 Å². The van der Waals surface area contributed by atoms with Crippen molar-refractivity contribution < 1.29 is 13.2 Å². The zero-order valence-corrected chi connectivity index (χ0v) is 8.75. The van der Waals surface area contributed by atoms with E-state index in [9.17, 15) is 13.2 Å². The summed E-state index contributed by atoms with van der Waals surface area (Å²) in [5.74, 6) is 0.434. The van der Waals surface area contributed by atoms with Crippen molar-refractivity contribution in [3.05, 3.63) is 0 Å². The van der Waals surface area contributed by atoms with Gasteiger partial charge in [-0.25, -0.2) is 0 Å². The summed E-state index contributed by atoms with van der Waals surface area (Å²) in [6.07, 6.45) is -2.31. The summed E-state index contributed by atoms with van der Waals surface area (Å²) in [7, 11) is 0. The van der Waals surface area contributed by atoms with Crippen LogP contribution in [0.4, 0.5) is 13.2 Å². The van der Waals surface area contributed by atoms with Gasteiger partial charge in [0.25, 0.3) is 0 Å². The minimum Gasteiger partial charge on any atom is -0.304 e. The second-order valence-corrected chi connectivity index (χ2v) is 4.29. The van der Waals surface area contributed by atoms with Crippen molar-refractivity contribution in [2.24, 2.45) is 5.92 Å². The van der Waals surface area contributed by atoms with E-state index in [1.165, 1.54) is 0 Å². The first-order valence-corrected chi connectivity index (χ1v) is 5.23. The van der Waals surface area contributed by atoms with Gasteiger partial charge in [-0.2, -0.15) is 13.2 Å². The summed E-state index contributed by atoms with van der Waals surface area (Å²) >= 11 is 0. The number of hydrogen-bond acceptors (Lipinski definition) is 1. The van der Waals surface area contributed by atoms with Crippen molar-refractivity contribution in [2.45, 2.75) is 51.2 Å². The number of alkyl halides is 3. The molecule has 0 heterocycles. The third-order valence-corrected chi connectivity index (χ3v) is 3.19. The molecular weight excluding hydrogens is 191 g/mol. The minimum atomic E-state index is -4.11. The van der Waals surface area contributed by atoms with Gasteiger partial charge in [-0.15, -0.1) is 0 Å². The van der Waals surface area contributed by atoms with Crippen molar-refractivity contribution in [1.29, 1.82) is 0 Å². The quantitative estimate of drug-likeness (QED) is 0.736. The van der Waals surface area contributed by atoms with Gasteiger partial charge in [0, 0.05) is 0 Å². The zero-order chi connectivity index (χ0) is 10.8. The number of hydrogen-bond donors (Lipinski definition) is 1. The van der Waals surface area contributed by atoms with E-state index in [1.54, 1.807) is 6.92 Å². The first-order valence-electron chi connectivity index (χ1n) is 5.23. The molecule has 4 heteroatoms. The van der Waals surface area contributed by atoms with Gasteiger partial charge in [0.2, 0.25) is 0 Å². The maximum absolute atomic E-state index is 12.8. The highest BCUT2D eigenvalue weighted by atomic mass is 19.4. The average molecular weight is 209 g/mol. The Hall–Kier alpha value is -0.250. The number of rotatable bonds is 2. The van der Waals surface area contributed by atoms with E-state index in [4.69, 9.17) is 0 Å². The first-order chi connectivity index (χ1) is 6.41. The standard InChI is InChI=1S/C10H18F3N/c1-3-14-9(10(11,12)13)6-4-8(2)5-7-9/h8,14H,3-7H2,1-2H3. The molecule has 0 radical (unpaired) electrons. The Kier molecular flexibility index (Phi) is 3.45. The van der Waals surface area contributed by atoms with E-state index in [-0.39, 0.29) is 12.8 Å². The first kappa shape index (κ1) is 11.8.